The van der Waals surface area contributed by atoms with Crippen molar-refractivity contribution in [1.82, 2.24) is 9.38 Å². The number of aromatic nitrogens is 2. The summed E-state index contributed by atoms with van der Waals surface area (Å²) in [5.74, 6) is -0.915. The Morgan fingerprint density at radius 1 is 1.43 bits per heavy atom. The molecule has 2 aromatic rings. The van der Waals surface area contributed by atoms with Crippen LogP contribution in [0.5, 0.6) is 0 Å². The summed E-state index contributed by atoms with van der Waals surface area (Å²) in [6.45, 7) is 3.74. The van der Waals surface area contributed by atoms with Crippen molar-refractivity contribution in [3.8, 4) is 0 Å². The Bertz CT molecular complexity index is 514. The van der Waals surface area contributed by atoms with E-state index in [4.69, 9.17) is 5.11 Å². The van der Waals surface area contributed by atoms with Crippen LogP contribution in [0.1, 0.15) is 21.6 Å². The molecular weight excluding hydrogens is 180 g/mol. The molecule has 0 unspecified atom stereocenters. The van der Waals surface area contributed by atoms with E-state index in [1.165, 1.54) is 0 Å². The van der Waals surface area contributed by atoms with Crippen LogP contribution in [0.25, 0.3) is 5.65 Å². The fourth-order valence-corrected chi connectivity index (χ4v) is 1.51. The van der Waals surface area contributed by atoms with Crippen LogP contribution >= 0.6 is 0 Å². The number of aromatic carboxylic acids is 1. The van der Waals surface area contributed by atoms with E-state index in [0.717, 1.165) is 16.9 Å². The predicted octanol–water partition coefficient (Wildman–Crippen LogP) is 1.65. The van der Waals surface area contributed by atoms with Gasteiger partial charge >= 0.3 is 5.97 Å². The highest BCUT2D eigenvalue weighted by Gasteiger charge is 2.07. The molecule has 0 fully saturated rings. The van der Waals surface area contributed by atoms with Crippen LogP contribution in [-0.2, 0) is 0 Å². The third-order valence-electron chi connectivity index (χ3n) is 2.10. The Hall–Kier alpha value is -1.84. The fourth-order valence-electron chi connectivity index (χ4n) is 1.51. The van der Waals surface area contributed by atoms with Gasteiger partial charge in [0.15, 0.2) is 0 Å². The molecule has 0 atom stereocenters. The van der Waals surface area contributed by atoms with Crippen LogP contribution < -0.4 is 0 Å². The number of hydrogen-bond acceptors (Lipinski definition) is 2. The summed E-state index contributed by atoms with van der Waals surface area (Å²) in [4.78, 5) is 15.1. The Kier molecular flexibility index (Phi) is 1.77. The molecule has 4 heteroatoms. The van der Waals surface area contributed by atoms with Crippen molar-refractivity contribution >= 4 is 11.6 Å². The molecule has 2 rings (SSSR count). The molecular formula is C10H10N2O2. The average molecular weight is 190 g/mol. The van der Waals surface area contributed by atoms with Crippen LogP contribution in [0.4, 0.5) is 0 Å². The second-order valence-corrected chi connectivity index (χ2v) is 3.33. The highest BCUT2D eigenvalue weighted by molar-refractivity contribution is 5.88. The molecule has 0 bridgehead atoms. The van der Waals surface area contributed by atoms with Crippen molar-refractivity contribution in [2.45, 2.75) is 13.8 Å². The summed E-state index contributed by atoms with van der Waals surface area (Å²) in [5.41, 5.74) is 2.86. The summed E-state index contributed by atoms with van der Waals surface area (Å²) in [6, 6.07) is 1.63. The molecule has 0 aliphatic carbocycles. The van der Waals surface area contributed by atoms with Crippen LogP contribution in [0.3, 0.4) is 0 Å². The zero-order valence-corrected chi connectivity index (χ0v) is 7.98. The fraction of sp³-hybridized carbons (Fsp3) is 0.200. The first kappa shape index (κ1) is 8.74. The van der Waals surface area contributed by atoms with Crippen LogP contribution in [-0.4, -0.2) is 20.5 Å². The van der Waals surface area contributed by atoms with Crippen LogP contribution in [0, 0.1) is 13.8 Å². The molecule has 0 aromatic carbocycles. The third-order valence-corrected chi connectivity index (χ3v) is 2.10. The molecule has 0 amide bonds. The number of aryl methyl sites for hydroxylation is 2. The Balaban J connectivity index is 2.77. The summed E-state index contributed by atoms with van der Waals surface area (Å²) in [7, 11) is 0. The van der Waals surface area contributed by atoms with E-state index in [9.17, 15) is 4.79 Å². The minimum Gasteiger partial charge on any atom is -0.478 e. The number of carbonyl (C=O) groups is 1. The molecule has 0 aliphatic heterocycles. The van der Waals surface area contributed by atoms with Gasteiger partial charge in [0.1, 0.15) is 5.65 Å². The predicted molar refractivity (Wildman–Crippen MR) is 51.6 cm³/mol. The molecule has 1 N–H and O–H groups in total. The first-order valence-corrected chi connectivity index (χ1v) is 4.27. The topological polar surface area (TPSA) is 54.6 Å². The standard InChI is InChI=1S/C10H10N2O2/c1-6-3-8(10(13)14)5-12-4-7(2)11-9(6)12/h3-5H,1-2H3,(H,13,14). The van der Waals surface area contributed by atoms with Gasteiger partial charge in [-0.1, -0.05) is 0 Å². The lowest BCUT2D eigenvalue weighted by atomic mass is 10.2. The lowest BCUT2D eigenvalue weighted by Crippen LogP contribution is -2.00. The molecule has 0 saturated carbocycles. The van der Waals surface area contributed by atoms with E-state index in [2.05, 4.69) is 4.98 Å². The van der Waals surface area contributed by atoms with Crippen molar-refractivity contribution in [1.29, 1.82) is 0 Å². The quantitative estimate of drug-likeness (QED) is 0.743. The Labute approximate surface area is 80.8 Å². The molecule has 14 heavy (non-hydrogen) atoms. The summed E-state index contributed by atoms with van der Waals surface area (Å²) in [6.07, 6.45) is 3.39. The van der Waals surface area contributed by atoms with E-state index in [1.54, 1.807) is 16.7 Å². The van der Waals surface area contributed by atoms with Gasteiger partial charge in [0.05, 0.1) is 11.3 Å². The van der Waals surface area contributed by atoms with Gasteiger partial charge in [0.2, 0.25) is 0 Å². The van der Waals surface area contributed by atoms with Gasteiger partial charge in [-0.15, -0.1) is 0 Å². The second-order valence-electron chi connectivity index (χ2n) is 3.33. The zero-order chi connectivity index (χ0) is 10.3. The summed E-state index contributed by atoms with van der Waals surface area (Å²) < 4.78 is 1.74. The van der Waals surface area contributed by atoms with Crippen molar-refractivity contribution in [2.75, 3.05) is 0 Å². The van der Waals surface area contributed by atoms with Gasteiger partial charge in [-0.25, -0.2) is 9.78 Å². The first-order chi connectivity index (χ1) is 6.58. The number of carboxylic acids is 1. The SMILES string of the molecule is Cc1cn2cc(C(=O)O)cc(C)c2n1. The third kappa shape index (κ3) is 1.25. The molecule has 2 heterocycles. The number of carboxylic acid groups (broad SMARTS) is 1. The van der Waals surface area contributed by atoms with Crippen molar-refractivity contribution in [3.63, 3.8) is 0 Å². The Morgan fingerprint density at radius 2 is 2.14 bits per heavy atom. The van der Waals surface area contributed by atoms with Gasteiger partial charge in [-0.2, -0.15) is 0 Å². The Morgan fingerprint density at radius 3 is 2.79 bits per heavy atom. The monoisotopic (exact) mass is 190 g/mol. The minimum absolute atomic E-state index is 0.285. The van der Waals surface area contributed by atoms with Gasteiger partial charge in [-0.05, 0) is 25.5 Å². The number of fused-ring (bicyclic) bond motifs is 1. The number of nitrogens with zero attached hydrogens (tertiary/aromatic N) is 2. The molecule has 0 spiro atoms. The van der Waals surface area contributed by atoms with Crippen molar-refractivity contribution in [2.24, 2.45) is 0 Å². The highest BCUT2D eigenvalue weighted by atomic mass is 16.4. The highest BCUT2D eigenvalue weighted by Crippen LogP contribution is 2.12. The minimum atomic E-state index is -0.915. The lowest BCUT2D eigenvalue weighted by Gasteiger charge is -2.00. The maximum absolute atomic E-state index is 10.8. The van der Waals surface area contributed by atoms with E-state index >= 15 is 0 Å². The van der Waals surface area contributed by atoms with Gasteiger partial charge in [-0.3, -0.25) is 0 Å². The van der Waals surface area contributed by atoms with Gasteiger partial charge in [0.25, 0.3) is 0 Å². The van der Waals surface area contributed by atoms with E-state index in [-0.39, 0.29) is 5.56 Å². The smallest absolute Gasteiger partial charge is 0.337 e. The molecule has 2 aromatic heterocycles. The van der Waals surface area contributed by atoms with E-state index < -0.39 is 5.97 Å². The van der Waals surface area contributed by atoms with Crippen molar-refractivity contribution in [3.05, 3.63) is 35.3 Å². The number of pyridine rings is 1. The average Bonchev–Trinajstić information content (AvgIpc) is 2.45. The maximum atomic E-state index is 10.8. The molecule has 4 nitrogen and oxygen atoms in total. The molecule has 0 saturated heterocycles. The van der Waals surface area contributed by atoms with Gasteiger partial charge in [0, 0.05) is 12.4 Å². The normalized spacial score (nSPS) is 10.7. The molecule has 0 radical (unpaired) electrons. The number of imidazole rings is 1. The van der Waals surface area contributed by atoms with Gasteiger partial charge < -0.3 is 9.51 Å². The second kappa shape index (κ2) is 2.83. The summed E-state index contributed by atoms with van der Waals surface area (Å²) >= 11 is 0. The maximum Gasteiger partial charge on any atom is 0.337 e. The number of rotatable bonds is 1. The molecule has 0 aliphatic rings. The number of hydrogen-bond donors (Lipinski definition) is 1. The lowest BCUT2D eigenvalue weighted by molar-refractivity contribution is 0.0696. The largest absolute Gasteiger partial charge is 0.478 e. The van der Waals surface area contributed by atoms with E-state index in [1.807, 2.05) is 20.0 Å². The van der Waals surface area contributed by atoms with Crippen LogP contribution in [0.2, 0.25) is 0 Å². The van der Waals surface area contributed by atoms with E-state index in [0.29, 0.717) is 0 Å². The van der Waals surface area contributed by atoms with Crippen molar-refractivity contribution < 1.29 is 9.90 Å². The first-order valence-electron chi connectivity index (χ1n) is 4.27. The zero-order valence-electron chi connectivity index (χ0n) is 7.98. The molecule has 72 valence electrons. The summed E-state index contributed by atoms with van der Waals surface area (Å²) in [5, 5.41) is 8.84. The van der Waals surface area contributed by atoms with Crippen LogP contribution in [0.15, 0.2) is 18.5 Å².